The third-order valence-electron chi connectivity index (χ3n) is 2.87. The summed E-state index contributed by atoms with van der Waals surface area (Å²) in [4.78, 5) is 0. The van der Waals surface area contributed by atoms with E-state index in [1.807, 2.05) is 54.9 Å². The summed E-state index contributed by atoms with van der Waals surface area (Å²) in [6, 6.07) is 13.7. The summed E-state index contributed by atoms with van der Waals surface area (Å²) >= 11 is 0. The lowest BCUT2D eigenvalue weighted by molar-refractivity contribution is -0.697. The van der Waals surface area contributed by atoms with Crippen molar-refractivity contribution in [2.75, 3.05) is 0 Å². The largest absolute Gasteiger partial charge is 1.00 e. The Morgan fingerprint density at radius 2 is 1.40 bits per heavy atom. The first kappa shape index (κ1) is 16.9. The second-order valence-corrected chi connectivity index (χ2v) is 4.41. The van der Waals surface area contributed by atoms with E-state index in [0.29, 0.717) is 6.54 Å². The fourth-order valence-electron chi connectivity index (χ4n) is 1.89. The average molecular weight is 393 g/mol. The van der Waals surface area contributed by atoms with E-state index in [2.05, 4.69) is 0 Å². The Bertz CT molecular complexity index is 509. The minimum Gasteiger partial charge on any atom is -1.00 e. The van der Waals surface area contributed by atoms with Crippen molar-refractivity contribution in [1.82, 2.24) is 0 Å². The third-order valence-corrected chi connectivity index (χ3v) is 2.87. The molecule has 20 heavy (non-hydrogen) atoms. The number of aromatic nitrogens is 1. The Morgan fingerprint density at radius 1 is 0.850 bits per heavy atom. The van der Waals surface area contributed by atoms with Crippen molar-refractivity contribution in [1.29, 1.82) is 0 Å². The molecule has 1 heterocycles. The van der Waals surface area contributed by atoms with E-state index in [9.17, 15) is 13.2 Å². The van der Waals surface area contributed by atoms with Gasteiger partial charge in [0.2, 0.25) is 0 Å². The minimum atomic E-state index is -4.06. The number of benzene rings is 1. The van der Waals surface area contributed by atoms with Gasteiger partial charge < -0.3 is 24.0 Å². The van der Waals surface area contributed by atoms with Crippen molar-refractivity contribution in [3.05, 3.63) is 54.9 Å². The van der Waals surface area contributed by atoms with Gasteiger partial charge in [-0.2, -0.15) is 13.2 Å². The zero-order valence-corrected chi connectivity index (χ0v) is 12.9. The molecule has 0 unspecified atom stereocenters. The zero-order valence-electron chi connectivity index (χ0n) is 10.8. The van der Waals surface area contributed by atoms with E-state index >= 15 is 0 Å². The molecular weight excluding hydrogens is 378 g/mol. The number of halogens is 4. The molecule has 0 spiro atoms. The van der Waals surface area contributed by atoms with Crippen LogP contribution in [0.4, 0.5) is 13.2 Å². The molecule has 0 amide bonds. The van der Waals surface area contributed by atoms with E-state index in [4.69, 9.17) is 0 Å². The summed E-state index contributed by atoms with van der Waals surface area (Å²) in [5.41, 5.74) is 2.16. The molecule has 2 rings (SSSR count). The number of nitrogens with zero attached hydrogens (tertiary/aromatic N) is 1. The lowest BCUT2D eigenvalue weighted by Gasteiger charge is -2.04. The number of alkyl halides is 3. The average Bonchev–Trinajstić information content (AvgIpc) is 2.39. The number of pyridine rings is 1. The van der Waals surface area contributed by atoms with Crippen molar-refractivity contribution in [3.63, 3.8) is 0 Å². The molecule has 0 atom stereocenters. The molecule has 0 aliphatic carbocycles. The summed E-state index contributed by atoms with van der Waals surface area (Å²) < 4.78 is 37.9. The molecule has 1 nitrogen and oxygen atoms in total. The van der Waals surface area contributed by atoms with Crippen LogP contribution in [0.3, 0.4) is 0 Å². The molecular formula is C15H15F3IN. The first-order valence-corrected chi connectivity index (χ1v) is 6.16. The molecule has 0 N–H and O–H groups in total. The Labute approximate surface area is 133 Å². The van der Waals surface area contributed by atoms with Gasteiger partial charge >= 0.3 is 6.18 Å². The van der Waals surface area contributed by atoms with Crippen molar-refractivity contribution in [3.8, 4) is 11.1 Å². The van der Waals surface area contributed by atoms with Gasteiger partial charge in [0, 0.05) is 25.0 Å². The van der Waals surface area contributed by atoms with Gasteiger partial charge in [-0.3, -0.25) is 0 Å². The predicted molar refractivity (Wildman–Crippen MR) is 67.4 cm³/mol. The molecule has 0 saturated heterocycles. The van der Waals surface area contributed by atoms with E-state index < -0.39 is 12.6 Å². The van der Waals surface area contributed by atoms with E-state index in [-0.39, 0.29) is 30.4 Å². The summed E-state index contributed by atoms with van der Waals surface area (Å²) in [7, 11) is 0. The smallest absolute Gasteiger partial charge is 0.389 e. The Kier molecular flexibility index (Phi) is 6.45. The highest BCUT2D eigenvalue weighted by atomic mass is 127. The maximum Gasteiger partial charge on any atom is 0.389 e. The molecule has 0 saturated carbocycles. The van der Waals surface area contributed by atoms with Crippen LogP contribution < -0.4 is 28.5 Å². The number of hydrogen-bond acceptors (Lipinski definition) is 0. The monoisotopic (exact) mass is 393 g/mol. The number of rotatable bonds is 4. The fourth-order valence-corrected chi connectivity index (χ4v) is 1.89. The van der Waals surface area contributed by atoms with Crippen molar-refractivity contribution >= 4 is 0 Å². The van der Waals surface area contributed by atoms with Crippen LogP contribution in [0, 0.1) is 0 Å². The second kappa shape index (κ2) is 7.61. The van der Waals surface area contributed by atoms with E-state index in [1.54, 1.807) is 4.57 Å². The summed E-state index contributed by atoms with van der Waals surface area (Å²) in [6.07, 6.45) is -1.05. The van der Waals surface area contributed by atoms with Gasteiger partial charge in [0.1, 0.15) is 6.54 Å². The number of hydrogen-bond donors (Lipinski definition) is 0. The first-order chi connectivity index (χ1) is 9.04. The zero-order chi connectivity index (χ0) is 13.7. The summed E-state index contributed by atoms with van der Waals surface area (Å²) in [5.74, 6) is 0. The van der Waals surface area contributed by atoms with E-state index in [1.165, 1.54) is 0 Å². The molecule has 108 valence electrons. The molecule has 5 heteroatoms. The highest BCUT2D eigenvalue weighted by Crippen LogP contribution is 2.21. The topological polar surface area (TPSA) is 3.88 Å². The SMILES string of the molecule is FC(F)(F)CCC[n+]1ccc(-c2ccccc2)cc1.[I-]. The first-order valence-electron chi connectivity index (χ1n) is 6.16. The van der Waals surface area contributed by atoms with Gasteiger partial charge in [-0.15, -0.1) is 0 Å². The molecule has 0 radical (unpaired) electrons. The van der Waals surface area contributed by atoms with Crippen molar-refractivity contribution in [2.24, 2.45) is 0 Å². The lowest BCUT2D eigenvalue weighted by atomic mass is 10.1. The number of aryl methyl sites for hydroxylation is 1. The maximum atomic E-state index is 12.0. The Hall–Kier alpha value is -1.11. The minimum absolute atomic E-state index is 0. The molecule has 0 bridgehead atoms. The molecule has 0 aliphatic heterocycles. The standard InChI is InChI=1S/C15H15F3N.HI/c16-15(17,18)9-4-10-19-11-7-14(8-12-19)13-5-2-1-3-6-13;/h1-3,5-8,11-12H,4,9-10H2;1H/q+1;/p-1. The highest BCUT2D eigenvalue weighted by Gasteiger charge is 2.26. The van der Waals surface area contributed by atoms with Gasteiger partial charge in [0.25, 0.3) is 0 Å². The quantitative estimate of drug-likeness (QED) is 0.539. The fraction of sp³-hybridized carbons (Fsp3) is 0.267. The van der Waals surface area contributed by atoms with Crippen LogP contribution in [-0.2, 0) is 6.54 Å². The Morgan fingerprint density at radius 3 is 1.95 bits per heavy atom. The maximum absolute atomic E-state index is 12.0. The van der Waals surface area contributed by atoms with Gasteiger partial charge in [0.05, 0.1) is 0 Å². The van der Waals surface area contributed by atoms with Crippen LogP contribution in [0.25, 0.3) is 11.1 Å². The summed E-state index contributed by atoms with van der Waals surface area (Å²) in [6.45, 7) is 0.384. The van der Waals surface area contributed by atoms with Crippen LogP contribution in [0.2, 0.25) is 0 Å². The van der Waals surface area contributed by atoms with Gasteiger partial charge in [-0.05, 0) is 11.1 Å². The Balaban J connectivity index is 0.00000200. The second-order valence-electron chi connectivity index (χ2n) is 4.41. The van der Waals surface area contributed by atoms with Crippen LogP contribution in [0.15, 0.2) is 54.9 Å². The van der Waals surface area contributed by atoms with Crippen LogP contribution in [0.1, 0.15) is 12.8 Å². The third kappa shape index (κ3) is 5.48. The van der Waals surface area contributed by atoms with Gasteiger partial charge in [-0.25, -0.2) is 4.57 Å². The van der Waals surface area contributed by atoms with Crippen LogP contribution in [0.5, 0.6) is 0 Å². The lowest BCUT2D eigenvalue weighted by Crippen LogP contribution is -3.00. The molecule has 1 aromatic carbocycles. The summed E-state index contributed by atoms with van der Waals surface area (Å²) in [5, 5.41) is 0. The molecule has 0 fully saturated rings. The van der Waals surface area contributed by atoms with Crippen molar-refractivity contribution < 1.29 is 41.7 Å². The van der Waals surface area contributed by atoms with E-state index in [0.717, 1.165) is 11.1 Å². The normalized spacial score (nSPS) is 10.9. The van der Waals surface area contributed by atoms with Gasteiger partial charge in [0.15, 0.2) is 12.4 Å². The van der Waals surface area contributed by atoms with Crippen molar-refractivity contribution in [2.45, 2.75) is 25.6 Å². The van der Waals surface area contributed by atoms with Gasteiger partial charge in [-0.1, -0.05) is 30.3 Å². The predicted octanol–water partition coefficient (Wildman–Crippen LogP) is 0.988. The molecule has 1 aromatic heterocycles. The van der Waals surface area contributed by atoms with Crippen LogP contribution >= 0.6 is 0 Å². The molecule has 0 aliphatic rings. The molecule has 2 aromatic rings. The van der Waals surface area contributed by atoms with Crippen LogP contribution in [-0.4, -0.2) is 6.18 Å². The highest BCUT2D eigenvalue weighted by molar-refractivity contribution is 5.61.